The molecule has 4 rings (SSSR count). The number of hydrogen-bond donors (Lipinski definition) is 2. The average molecular weight is 425 g/mol. The number of nitrogens with zero attached hydrogens (tertiary/aromatic N) is 2. The topological polar surface area (TPSA) is 44.1 Å². The largest absolute Gasteiger partial charge is 0.347 e. The van der Waals surface area contributed by atoms with Crippen LogP contribution in [0, 0.1) is 5.41 Å². The van der Waals surface area contributed by atoms with Crippen molar-refractivity contribution in [2.75, 3.05) is 25.0 Å². The van der Waals surface area contributed by atoms with E-state index < -0.39 is 0 Å². The van der Waals surface area contributed by atoms with Gasteiger partial charge in [0.1, 0.15) is 5.84 Å². The van der Waals surface area contributed by atoms with Crippen molar-refractivity contribution in [3.05, 3.63) is 52.9 Å². The third kappa shape index (κ3) is 5.26. The molecule has 1 aliphatic rings. The van der Waals surface area contributed by atoms with Crippen LogP contribution < -0.4 is 5.32 Å². The third-order valence-corrected chi connectivity index (χ3v) is 5.77. The molecular weight excluding hydrogens is 399 g/mol. The maximum atomic E-state index is 8.20. The number of rotatable bonds is 6. The lowest BCUT2D eigenvalue weighted by Gasteiger charge is -2.15. The second-order valence-corrected chi connectivity index (χ2v) is 7.61. The highest BCUT2D eigenvalue weighted by Gasteiger charge is 2.11. The number of likely N-dealkylation sites (tertiary alicyclic amines) is 1. The van der Waals surface area contributed by atoms with Crippen molar-refractivity contribution in [1.82, 2.24) is 9.47 Å². The van der Waals surface area contributed by atoms with Crippen LogP contribution in [0.3, 0.4) is 0 Å². The molecule has 2 aromatic heterocycles. The van der Waals surface area contributed by atoms with Crippen LogP contribution in [-0.4, -0.2) is 34.9 Å². The number of halogens is 2. The molecule has 0 unspecified atom stereocenters. The van der Waals surface area contributed by atoms with Crippen LogP contribution in [0.4, 0.5) is 5.69 Å². The lowest BCUT2D eigenvalue weighted by molar-refractivity contribution is 0.326. The molecule has 27 heavy (non-hydrogen) atoms. The summed E-state index contributed by atoms with van der Waals surface area (Å²) in [5.74, 6) is 0.460. The van der Waals surface area contributed by atoms with Gasteiger partial charge < -0.3 is 14.8 Å². The van der Waals surface area contributed by atoms with Crippen LogP contribution in [0.2, 0.25) is 0 Å². The van der Waals surface area contributed by atoms with Crippen LogP contribution in [0.15, 0.2) is 48.0 Å². The fourth-order valence-corrected chi connectivity index (χ4v) is 4.18. The van der Waals surface area contributed by atoms with E-state index in [1.165, 1.54) is 49.8 Å². The monoisotopic (exact) mass is 424 g/mol. The van der Waals surface area contributed by atoms with Crippen molar-refractivity contribution in [3.63, 3.8) is 0 Å². The Labute approximate surface area is 176 Å². The summed E-state index contributed by atoms with van der Waals surface area (Å²) >= 11 is 1.58. The summed E-state index contributed by atoms with van der Waals surface area (Å²) in [5.41, 5.74) is 2.22. The number of fused-ring (bicyclic) bond motifs is 1. The van der Waals surface area contributed by atoms with E-state index >= 15 is 0 Å². The van der Waals surface area contributed by atoms with Gasteiger partial charge in [0.15, 0.2) is 0 Å². The minimum absolute atomic E-state index is 0. The fraction of sp³-hybridized carbons (Fsp3) is 0.350. The number of nitrogens with one attached hydrogen (secondary N) is 2. The Hall–Kier alpha value is -1.53. The molecule has 7 heteroatoms. The Morgan fingerprint density at radius 3 is 2.63 bits per heavy atom. The summed E-state index contributed by atoms with van der Waals surface area (Å²) in [7, 11) is 0. The molecule has 4 nitrogen and oxygen atoms in total. The lowest BCUT2D eigenvalue weighted by Crippen LogP contribution is -2.21. The van der Waals surface area contributed by atoms with E-state index in [1.54, 1.807) is 11.3 Å². The van der Waals surface area contributed by atoms with Crippen LogP contribution in [-0.2, 0) is 6.54 Å². The molecule has 0 amide bonds. The second-order valence-electron chi connectivity index (χ2n) is 6.66. The molecule has 1 aromatic carbocycles. The molecule has 0 bridgehead atoms. The van der Waals surface area contributed by atoms with Gasteiger partial charge >= 0.3 is 0 Å². The predicted molar refractivity (Wildman–Crippen MR) is 121 cm³/mol. The number of aromatic nitrogens is 1. The van der Waals surface area contributed by atoms with E-state index in [1.807, 2.05) is 17.5 Å². The van der Waals surface area contributed by atoms with Gasteiger partial charge in [-0.1, -0.05) is 12.1 Å². The number of aryl methyl sites for hydroxylation is 1. The van der Waals surface area contributed by atoms with E-state index in [4.69, 9.17) is 5.41 Å². The first kappa shape index (κ1) is 21.8. The van der Waals surface area contributed by atoms with E-state index in [0.29, 0.717) is 5.84 Å². The first-order valence-corrected chi connectivity index (χ1v) is 9.88. The minimum atomic E-state index is 0. The number of benzene rings is 1. The van der Waals surface area contributed by atoms with Crippen molar-refractivity contribution in [2.24, 2.45) is 0 Å². The molecule has 1 fully saturated rings. The first-order valence-electron chi connectivity index (χ1n) is 9.00. The molecular formula is C20H26Cl2N4S. The zero-order valence-electron chi connectivity index (χ0n) is 15.2. The highest BCUT2D eigenvalue weighted by molar-refractivity contribution is 7.12. The Morgan fingerprint density at radius 1 is 1.07 bits per heavy atom. The first-order chi connectivity index (χ1) is 12.3. The smallest absolute Gasteiger partial charge is 0.140 e. The summed E-state index contributed by atoms with van der Waals surface area (Å²) in [6.45, 7) is 4.78. The SMILES string of the molecule is Cl.Cl.N=C(Nc1ccc2ccn(CCCN3CCCC3)c2c1)c1cccs1. The molecule has 2 N–H and O–H groups in total. The minimum Gasteiger partial charge on any atom is -0.347 e. The van der Waals surface area contributed by atoms with Crippen molar-refractivity contribution < 1.29 is 0 Å². The summed E-state index contributed by atoms with van der Waals surface area (Å²) in [6, 6.07) is 12.5. The standard InChI is InChI=1S/C20H24N4S.2ClH/c21-20(19-5-3-14-25-19)22-17-7-6-16-8-13-24(18(16)15-17)12-4-11-23-9-1-2-10-23;;/h3,5-8,13-15H,1-2,4,9-12H2,(H2,21,22);2*1H. The summed E-state index contributed by atoms with van der Waals surface area (Å²) in [6.07, 6.45) is 6.09. The van der Waals surface area contributed by atoms with Gasteiger partial charge in [0.2, 0.25) is 0 Å². The van der Waals surface area contributed by atoms with Crippen molar-refractivity contribution in [3.8, 4) is 0 Å². The molecule has 1 saturated heterocycles. The van der Waals surface area contributed by atoms with Gasteiger partial charge in [-0.05, 0) is 73.9 Å². The zero-order valence-corrected chi connectivity index (χ0v) is 17.6. The van der Waals surface area contributed by atoms with Crippen molar-refractivity contribution in [1.29, 1.82) is 5.41 Å². The second kappa shape index (κ2) is 10.1. The van der Waals surface area contributed by atoms with Crippen LogP contribution >= 0.6 is 36.2 Å². The average Bonchev–Trinajstić information content (AvgIpc) is 3.37. The normalized spacial score (nSPS) is 13.9. The van der Waals surface area contributed by atoms with Gasteiger partial charge in [0.25, 0.3) is 0 Å². The van der Waals surface area contributed by atoms with Crippen LogP contribution in [0.5, 0.6) is 0 Å². The molecule has 1 aliphatic heterocycles. The van der Waals surface area contributed by atoms with E-state index in [9.17, 15) is 0 Å². The molecule has 0 aliphatic carbocycles. The molecule has 0 saturated carbocycles. The Kier molecular flexibility index (Phi) is 8.17. The predicted octanol–water partition coefficient (Wildman–Crippen LogP) is 5.47. The molecule has 3 aromatic rings. The number of amidine groups is 1. The summed E-state index contributed by atoms with van der Waals surface area (Å²) in [5, 5.41) is 14.7. The molecule has 0 radical (unpaired) electrons. The summed E-state index contributed by atoms with van der Waals surface area (Å²) in [4.78, 5) is 3.53. The Morgan fingerprint density at radius 2 is 1.89 bits per heavy atom. The van der Waals surface area contributed by atoms with Gasteiger partial charge in [-0.2, -0.15) is 0 Å². The highest BCUT2D eigenvalue weighted by atomic mass is 35.5. The Bertz CT molecular complexity index is 854. The van der Waals surface area contributed by atoms with E-state index in [-0.39, 0.29) is 24.8 Å². The number of hydrogen-bond acceptors (Lipinski definition) is 3. The molecule has 146 valence electrons. The molecule has 3 heterocycles. The number of anilines is 1. The maximum absolute atomic E-state index is 8.20. The number of thiophene rings is 1. The van der Waals surface area contributed by atoms with Gasteiger partial charge in [0.05, 0.1) is 10.4 Å². The maximum Gasteiger partial charge on any atom is 0.140 e. The van der Waals surface area contributed by atoms with Gasteiger partial charge in [0, 0.05) is 18.4 Å². The molecule has 0 atom stereocenters. The van der Waals surface area contributed by atoms with Crippen LogP contribution in [0.1, 0.15) is 24.1 Å². The summed E-state index contributed by atoms with van der Waals surface area (Å²) < 4.78 is 2.34. The highest BCUT2D eigenvalue weighted by Crippen LogP contribution is 2.22. The molecule has 0 spiro atoms. The van der Waals surface area contributed by atoms with Crippen LogP contribution in [0.25, 0.3) is 10.9 Å². The van der Waals surface area contributed by atoms with Gasteiger partial charge in [-0.3, -0.25) is 5.41 Å². The zero-order chi connectivity index (χ0) is 17.1. The Balaban J connectivity index is 0.00000131. The van der Waals surface area contributed by atoms with Crippen molar-refractivity contribution in [2.45, 2.75) is 25.8 Å². The van der Waals surface area contributed by atoms with E-state index in [0.717, 1.165) is 17.1 Å². The quantitative estimate of drug-likeness (QED) is 0.406. The fourth-order valence-electron chi connectivity index (χ4n) is 3.55. The lowest BCUT2D eigenvalue weighted by atomic mass is 10.2. The van der Waals surface area contributed by atoms with Gasteiger partial charge in [-0.25, -0.2) is 0 Å². The van der Waals surface area contributed by atoms with Crippen molar-refractivity contribution >= 4 is 58.6 Å². The third-order valence-electron chi connectivity index (χ3n) is 4.88. The van der Waals surface area contributed by atoms with E-state index in [2.05, 4.69) is 45.2 Å². The van der Waals surface area contributed by atoms with Gasteiger partial charge in [-0.15, -0.1) is 36.2 Å².